The summed E-state index contributed by atoms with van der Waals surface area (Å²) in [5.74, 6) is 2.31. The number of aryl methyl sites for hydroxylation is 1. The number of nitrogens with one attached hydrogen (secondary N) is 1. The molecular weight excluding hydrogens is 557 g/mol. The van der Waals surface area contributed by atoms with Crippen LogP contribution in [0.5, 0.6) is 11.5 Å². The van der Waals surface area contributed by atoms with Crippen LogP contribution in [0.3, 0.4) is 0 Å². The van der Waals surface area contributed by atoms with E-state index in [0.717, 1.165) is 79.5 Å². The van der Waals surface area contributed by atoms with Crippen molar-refractivity contribution in [2.45, 2.75) is 38.8 Å². The van der Waals surface area contributed by atoms with Gasteiger partial charge >= 0.3 is 0 Å². The van der Waals surface area contributed by atoms with Crippen molar-refractivity contribution < 1.29 is 14.3 Å². The zero-order valence-corrected chi connectivity index (χ0v) is 25.0. The third-order valence-electron chi connectivity index (χ3n) is 7.88. The van der Waals surface area contributed by atoms with Crippen LogP contribution in [0, 0.1) is 5.92 Å². The topological polar surface area (TPSA) is 55.7 Å². The number of carbonyl (C=O) groups is 1. The van der Waals surface area contributed by atoms with E-state index in [1.807, 2.05) is 60.8 Å². The third kappa shape index (κ3) is 7.56. The largest absolute Gasteiger partial charge is 0.495 e. The maximum Gasteiger partial charge on any atom is 0.253 e. The van der Waals surface area contributed by atoms with Gasteiger partial charge in [0.25, 0.3) is 5.91 Å². The van der Waals surface area contributed by atoms with Gasteiger partial charge in [-0.05, 0) is 87.1 Å². The summed E-state index contributed by atoms with van der Waals surface area (Å²) in [6, 6.07) is 21.3. The van der Waals surface area contributed by atoms with E-state index in [1.54, 1.807) is 19.2 Å². The third-order valence-corrected chi connectivity index (χ3v) is 8.62. The second-order valence-corrected chi connectivity index (χ2v) is 11.4. The minimum Gasteiger partial charge on any atom is -0.495 e. The Balaban J connectivity index is 1.14. The summed E-state index contributed by atoms with van der Waals surface area (Å²) in [6.07, 6.45) is 6.47. The van der Waals surface area contributed by atoms with Crippen molar-refractivity contribution in [3.63, 3.8) is 0 Å². The lowest BCUT2D eigenvalue weighted by Crippen LogP contribution is -2.35. The van der Waals surface area contributed by atoms with Crippen molar-refractivity contribution in [3.8, 4) is 11.5 Å². The fraction of sp³-hybridized carbons (Fsp3) is 0.364. The first-order valence-electron chi connectivity index (χ1n) is 14.3. The molecule has 0 bridgehead atoms. The van der Waals surface area contributed by atoms with Gasteiger partial charge in [0.1, 0.15) is 11.5 Å². The van der Waals surface area contributed by atoms with E-state index in [1.165, 1.54) is 12.8 Å². The van der Waals surface area contributed by atoms with Gasteiger partial charge < -0.3 is 24.3 Å². The number of piperidine rings is 1. The van der Waals surface area contributed by atoms with Crippen LogP contribution in [0.4, 0.5) is 0 Å². The van der Waals surface area contributed by atoms with Crippen LogP contribution in [-0.2, 0) is 13.1 Å². The highest BCUT2D eigenvalue weighted by Gasteiger charge is 2.21. The monoisotopic (exact) mass is 593 g/mol. The number of likely N-dealkylation sites (tertiary alicyclic amines) is 1. The second-order valence-electron chi connectivity index (χ2n) is 10.6. The first-order valence-corrected chi connectivity index (χ1v) is 15.1. The van der Waals surface area contributed by atoms with E-state index in [9.17, 15) is 4.79 Å². The molecular formula is C33H37Cl2N3O3. The molecule has 8 heteroatoms. The van der Waals surface area contributed by atoms with Crippen LogP contribution in [0.2, 0.25) is 10.0 Å². The minimum absolute atomic E-state index is 0.133. The molecule has 0 atom stereocenters. The maximum atomic E-state index is 13.3. The highest BCUT2D eigenvalue weighted by atomic mass is 35.5. The first-order chi connectivity index (χ1) is 20.0. The van der Waals surface area contributed by atoms with Gasteiger partial charge in [-0.1, -0.05) is 59.6 Å². The molecule has 2 heterocycles. The molecule has 6 nitrogen and oxygen atoms in total. The quantitative estimate of drug-likeness (QED) is 0.185. The Bertz CT molecular complexity index is 1450. The van der Waals surface area contributed by atoms with E-state index in [2.05, 4.69) is 14.8 Å². The molecule has 0 spiro atoms. The maximum absolute atomic E-state index is 13.3. The van der Waals surface area contributed by atoms with E-state index in [-0.39, 0.29) is 5.91 Å². The lowest BCUT2D eigenvalue weighted by Gasteiger charge is -2.32. The second kappa shape index (κ2) is 14.1. The Kier molecular flexibility index (Phi) is 10.1. The number of hydrogen-bond acceptors (Lipinski definition) is 4. The molecule has 1 saturated heterocycles. The summed E-state index contributed by atoms with van der Waals surface area (Å²) in [5, 5.41) is 4.88. The molecule has 0 saturated carbocycles. The molecule has 41 heavy (non-hydrogen) atoms. The number of hydrogen-bond donors (Lipinski definition) is 1. The minimum atomic E-state index is -0.133. The number of carbonyl (C=O) groups excluding carboxylic acids is 1. The summed E-state index contributed by atoms with van der Waals surface area (Å²) in [4.78, 5) is 15.8. The number of nitrogens with zero attached hydrogens (tertiary/aromatic N) is 2. The van der Waals surface area contributed by atoms with Crippen LogP contribution < -0.4 is 14.8 Å². The fourth-order valence-corrected chi connectivity index (χ4v) is 5.92. The average molecular weight is 595 g/mol. The van der Waals surface area contributed by atoms with Gasteiger partial charge in [-0.2, -0.15) is 0 Å². The van der Waals surface area contributed by atoms with Gasteiger partial charge in [0.2, 0.25) is 0 Å². The van der Waals surface area contributed by atoms with Gasteiger partial charge in [-0.15, -0.1) is 0 Å². The SMILES string of the molecule is COc1cccc2c(C(=O)NCc3ccc(Cl)c(Cl)c3)cn(CCCN3CCC(CCOc4ccccc4)CC3)c12. The lowest BCUT2D eigenvalue weighted by atomic mass is 9.94. The molecule has 3 aromatic carbocycles. The van der Waals surface area contributed by atoms with Gasteiger partial charge in [0.15, 0.2) is 0 Å². The summed E-state index contributed by atoms with van der Waals surface area (Å²) >= 11 is 12.2. The molecule has 0 aliphatic carbocycles. The predicted molar refractivity (Wildman–Crippen MR) is 166 cm³/mol. The fourth-order valence-electron chi connectivity index (χ4n) is 5.60. The molecule has 1 N–H and O–H groups in total. The molecule has 4 aromatic rings. The number of fused-ring (bicyclic) bond motifs is 1. The number of amides is 1. The Hall–Kier alpha value is -3.19. The van der Waals surface area contributed by atoms with E-state index < -0.39 is 0 Å². The molecule has 216 valence electrons. The molecule has 0 radical (unpaired) electrons. The number of halogens is 2. The predicted octanol–water partition coefficient (Wildman–Crippen LogP) is 7.46. The van der Waals surface area contributed by atoms with Crippen molar-refractivity contribution in [1.29, 1.82) is 0 Å². The van der Waals surface area contributed by atoms with Gasteiger partial charge in [-0.25, -0.2) is 0 Å². The first kappa shape index (κ1) is 29.3. The van der Waals surface area contributed by atoms with Crippen molar-refractivity contribution >= 4 is 40.0 Å². The van der Waals surface area contributed by atoms with E-state index in [4.69, 9.17) is 32.7 Å². The number of ether oxygens (including phenoxy) is 2. The normalized spacial score (nSPS) is 14.3. The number of methoxy groups -OCH3 is 1. The Labute approximate surface area is 252 Å². The standard InChI is InChI=1S/C33H37Cl2N3O3/c1-40-31-10-5-9-27-28(33(39)36-22-25-11-12-29(34)30(35)21-25)23-38(32(27)31)17-6-16-37-18-13-24(14-19-37)15-20-41-26-7-3-2-4-8-26/h2-5,7-12,21,23-24H,6,13-20,22H2,1H3,(H,36,39). The van der Waals surface area contributed by atoms with Crippen LogP contribution in [-0.4, -0.2) is 48.7 Å². The molecule has 5 rings (SSSR count). The molecule has 1 aliphatic rings. The number of benzene rings is 3. The van der Waals surface area contributed by atoms with Crippen LogP contribution in [0.1, 0.15) is 41.6 Å². The molecule has 1 fully saturated rings. The highest BCUT2D eigenvalue weighted by molar-refractivity contribution is 6.42. The molecule has 1 amide bonds. The van der Waals surface area contributed by atoms with E-state index in [0.29, 0.717) is 22.2 Å². The Morgan fingerprint density at radius 3 is 2.54 bits per heavy atom. The molecule has 0 unspecified atom stereocenters. The summed E-state index contributed by atoms with van der Waals surface area (Å²) in [7, 11) is 1.67. The summed E-state index contributed by atoms with van der Waals surface area (Å²) in [6.45, 7) is 5.21. The lowest BCUT2D eigenvalue weighted by molar-refractivity contribution is 0.0952. The Morgan fingerprint density at radius 2 is 1.78 bits per heavy atom. The van der Waals surface area contributed by atoms with Crippen LogP contribution in [0.15, 0.2) is 72.9 Å². The van der Waals surface area contributed by atoms with Gasteiger partial charge in [-0.3, -0.25) is 4.79 Å². The van der Waals surface area contributed by atoms with Crippen LogP contribution >= 0.6 is 23.2 Å². The average Bonchev–Trinajstić information content (AvgIpc) is 3.38. The smallest absolute Gasteiger partial charge is 0.253 e. The highest BCUT2D eigenvalue weighted by Crippen LogP contribution is 2.31. The van der Waals surface area contributed by atoms with Crippen LogP contribution in [0.25, 0.3) is 10.9 Å². The van der Waals surface area contributed by atoms with Crippen molar-refractivity contribution in [1.82, 2.24) is 14.8 Å². The molecule has 1 aliphatic heterocycles. The van der Waals surface area contributed by atoms with Crippen molar-refractivity contribution in [2.24, 2.45) is 5.92 Å². The number of rotatable bonds is 12. The number of para-hydroxylation sites is 2. The number of aromatic nitrogens is 1. The van der Waals surface area contributed by atoms with Crippen molar-refractivity contribution in [3.05, 3.63) is 94.1 Å². The zero-order valence-electron chi connectivity index (χ0n) is 23.5. The zero-order chi connectivity index (χ0) is 28.6. The summed E-state index contributed by atoms with van der Waals surface area (Å²) in [5.41, 5.74) is 2.48. The summed E-state index contributed by atoms with van der Waals surface area (Å²) < 4.78 is 13.7. The van der Waals surface area contributed by atoms with Gasteiger partial charge in [0.05, 0.1) is 34.8 Å². The van der Waals surface area contributed by atoms with E-state index >= 15 is 0 Å². The Morgan fingerprint density at radius 1 is 0.976 bits per heavy atom. The van der Waals surface area contributed by atoms with Crippen molar-refractivity contribution in [2.75, 3.05) is 33.4 Å². The molecule has 1 aromatic heterocycles. The van der Waals surface area contributed by atoms with Gasteiger partial charge in [0, 0.05) is 24.7 Å².